The lowest BCUT2D eigenvalue weighted by Gasteiger charge is -2.11. The predicted molar refractivity (Wildman–Crippen MR) is 201 cm³/mol. The number of aromatic nitrogens is 2. The van der Waals surface area contributed by atoms with E-state index in [-0.39, 0.29) is 5.56 Å². The first-order chi connectivity index (χ1) is 23.8. The van der Waals surface area contributed by atoms with Crippen LogP contribution in [0.1, 0.15) is 0 Å². The normalized spacial score (nSPS) is 11.8. The van der Waals surface area contributed by atoms with Crippen LogP contribution < -0.4 is 5.56 Å². The molecule has 0 aliphatic rings. The number of benzene rings is 7. The molecule has 0 fully saturated rings. The van der Waals surface area contributed by atoms with Crippen LogP contribution in [0.25, 0.3) is 88.1 Å². The van der Waals surface area contributed by atoms with Crippen molar-refractivity contribution in [2.45, 2.75) is 0 Å². The molecule has 10 aromatic rings. The van der Waals surface area contributed by atoms with Crippen molar-refractivity contribution in [2.75, 3.05) is 0 Å². The maximum absolute atomic E-state index is 14.4. The van der Waals surface area contributed by atoms with Gasteiger partial charge in [-0.25, -0.2) is 0 Å². The SMILES string of the molecule is O=c1c2ccccc2c2cc(-c3ccc4c(c3)c3ccccc3n4-c3ccccc3)cc3c(-c4ccccc4)c(-c4ccccc4)n1c32. The minimum absolute atomic E-state index is 0.00650. The van der Waals surface area contributed by atoms with Gasteiger partial charge in [-0.1, -0.05) is 121 Å². The van der Waals surface area contributed by atoms with Crippen molar-refractivity contribution in [1.29, 1.82) is 0 Å². The van der Waals surface area contributed by atoms with Crippen molar-refractivity contribution >= 4 is 48.9 Å². The highest BCUT2D eigenvalue weighted by molar-refractivity contribution is 6.20. The molecule has 48 heavy (non-hydrogen) atoms. The third-order valence-electron chi connectivity index (χ3n) is 9.84. The van der Waals surface area contributed by atoms with Gasteiger partial charge in [-0.05, 0) is 76.2 Å². The molecule has 0 aliphatic carbocycles. The molecule has 0 amide bonds. The van der Waals surface area contributed by atoms with Gasteiger partial charge in [0.25, 0.3) is 5.56 Å². The quantitative estimate of drug-likeness (QED) is 0.182. The number of nitrogens with zero attached hydrogens (tertiary/aromatic N) is 2. The van der Waals surface area contributed by atoms with Crippen molar-refractivity contribution < 1.29 is 0 Å². The summed E-state index contributed by atoms with van der Waals surface area (Å²) in [6, 6.07) is 59.5. The summed E-state index contributed by atoms with van der Waals surface area (Å²) < 4.78 is 4.31. The van der Waals surface area contributed by atoms with Crippen molar-refractivity contribution in [3.05, 3.63) is 180 Å². The molecule has 0 aliphatic heterocycles. The van der Waals surface area contributed by atoms with Crippen molar-refractivity contribution in [3.8, 4) is 39.2 Å². The molecule has 0 bridgehead atoms. The number of rotatable bonds is 4. The molecule has 0 spiro atoms. The van der Waals surface area contributed by atoms with Gasteiger partial charge in [0, 0.05) is 38.2 Å². The molecular formula is C45H28N2O. The Hall–Kier alpha value is -6.45. The van der Waals surface area contributed by atoms with Gasteiger partial charge in [0.1, 0.15) is 0 Å². The largest absolute Gasteiger partial charge is 0.309 e. The first kappa shape index (κ1) is 26.7. The zero-order valence-corrected chi connectivity index (χ0v) is 26.0. The van der Waals surface area contributed by atoms with E-state index in [1.165, 1.54) is 21.8 Å². The standard InChI is InChI=1S/C45H28N2O/c48-45-36-22-11-10-20-34(36)38-27-32(28-39-42(29-14-4-1-5-15-29)43(47(45)44(38)39)30-16-6-2-7-17-30)31-24-25-41-37(26-31)35-21-12-13-23-40(35)46(41)33-18-8-3-9-19-33/h1-28H. The Morgan fingerprint density at radius 1 is 0.375 bits per heavy atom. The maximum Gasteiger partial charge on any atom is 0.263 e. The molecule has 3 aromatic heterocycles. The maximum atomic E-state index is 14.4. The van der Waals surface area contributed by atoms with Gasteiger partial charge in [-0.15, -0.1) is 0 Å². The molecule has 0 N–H and O–H groups in total. The predicted octanol–water partition coefficient (Wildman–Crippen LogP) is 11.1. The van der Waals surface area contributed by atoms with E-state index in [4.69, 9.17) is 0 Å². The lowest BCUT2D eigenvalue weighted by atomic mass is 9.94. The summed E-state index contributed by atoms with van der Waals surface area (Å²) >= 11 is 0. The van der Waals surface area contributed by atoms with Crippen molar-refractivity contribution in [2.24, 2.45) is 0 Å². The van der Waals surface area contributed by atoms with Crippen LogP contribution in [0.2, 0.25) is 0 Å². The van der Waals surface area contributed by atoms with Crippen LogP contribution in [0.15, 0.2) is 175 Å². The monoisotopic (exact) mass is 612 g/mol. The summed E-state index contributed by atoms with van der Waals surface area (Å²) in [5.41, 5.74) is 10.8. The molecule has 7 aromatic carbocycles. The van der Waals surface area contributed by atoms with Crippen molar-refractivity contribution in [3.63, 3.8) is 0 Å². The Labute approximate surface area is 276 Å². The van der Waals surface area contributed by atoms with Gasteiger partial charge in [0.15, 0.2) is 0 Å². The molecule has 10 rings (SSSR count). The van der Waals surface area contributed by atoms with E-state index in [2.05, 4.69) is 132 Å². The first-order valence-corrected chi connectivity index (χ1v) is 16.3. The molecule has 0 radical (unpaired) electrons. The van der Waals surface area contributed by atoms with Gasteiger partial charge < -0.3 is 4.57 Å². The van der Waals surface area contributed by atoms with E-state index in [1.54, 1.807) is 0 Å². The molecule has 3 nitrogen and oxygen atoms in total. The van der Waals surface area contributed by atoms with E-state index in [9.17, 15) is 4.79 Å². The number of fused-ring (bicyclic) bond motifs is 5. The van der Waals surface area contributed by atoms with Crippen LogP contribution in [0.4, 0.5) is 0 Å². The third-order valence-corrected chi connectivity index (χ3v) is 9.84. The first-order valence-electron chi connectivity index (χ1n) is 16.3. The van der Waals surface area contributed by atoms with Crippen LogP contribution in [0.5, 0.6) is 0 Å². The van der Waals surface area contributed by atoms with Gasteiger partial charge >= 0.3 is 0 Å². The van der Waals surface area contributed by atoms with E-state index in [1.807, 2.05) is 46.9 Å². The molecular weight excluding hydrogens is 585 g/mol. The highest BCUT2D eigenvalue weighted by Crippen LogP contribution is 2.45. The summed E-state index contributed by atoms with van der Waals surface area (Å²) in [5, 5.41) is 6.27. The Kier molecular flexibility index (Phi) is 5.73. The van der Waals surface area contributed by atoms with Gasteiger partial charge in [-0.2, -0.15) is 0 Å². The van der Waals surface area contributed by atoms with Gasteiger partial charge in [0.05, 0.1) is 22.2 Å². The van der Waals surface area contributed by atoms with E-state index in [0.717, 1.165) is 66.3 Å². The fourth-order valence-corrected chi connectivity index (χ4v) is 7.79. The second-order valence-electron chi connectivity index (χ2n) is 12.5. The topological polar surface area (TPSA) is 26.4 Å². The van der Waals surface area contributed by atoms with Crippen molar-refractivity contribution in [1.82, 2.24) is 8.97 Å². The Balaban J connectivity index is 1.34. The highest BCUT2D eigenvalue weighted by Gasteiger charge is 2.24. The Morgan fingerprint density at radius 3 is 1.69 bits per heavy atom. The smallest absolute Gasteiger partial charge is 0.263 e. The molecule has 224 valence electrons. The number of hydrogen-bond donors (Lipinski definition) is 0. The second kappa shape index (κ2) is 10.3. The Morgan fingerprint density at radius 2 is 0.938 bits per heavy atom. The van der Waals surface area contributed by atoms with Crippen LogP contribution in [0.3, 0.4) is 0 Å². The summed E-state index contributed by atoms with van der Waals surface area (Å²) in [4.78, 5) is 14.4. The lowest BCUT2D eigenvalue weighted by Crippen LogP contribution is -2.14. The summed E-state index contributed by atoms with van der Waals surface area (Å²) in [7, 11) is 0. The number of para-hydroxylation sites is 2. The zero-order valence-electron chi connectivity index (χ0n) is 26.0. The minimum Gasteiger partial charge on any atom is -0.309 e. The zero-order chi connectivity index (χ0) is 31.8. The fraction of sp³-hybridized carbons (Fsp3) is 0. The molecule has 0 saturated carbocycles. The van der Waals surface area contributed by atoms with E-state index in [0.29, 0.717) is 0 Å². The fourth-order valence-electron chi connectivity index (χ4n) is 7.79. The molecule has 0 saturated heterocycles. The molecule has 3 heterocycles. The number of pyridine rings is 1. The molecule has 0 atom stereocenters. The second-order valence-corrected chi connectivity index (χ2v) is 12.5. The third kappa shape index (κ3) is 3.79. The molecule has 0 unspecified atom stereocenters. The average molecular weight is 613 g/mol. The van der Waals surface area contributed by atoms with Crippen LogP contribution in [-0.2, 0) is 0 Å². The summed E-state index contributed by atoms with van der Waals surface area (Å²) in [5.74, 6) is 0. The summed E-state index contributed by atoms with van der Waals surface area (Å²) in [6.45, 7) is 0. The summed E-state index contributed by atoms with van der Waals surface area (Å²) in [6.07, 6.45) is 0. The van der Waals surface area contributed by atoms with E-state index >= 15 is 0 Å². The lowest BCUT2D eigenvalue weighted by molar-refractivity contribution is 1.16. The van der Waals surface area contributed by atoms with E-state index < -0.39 is 0 Å². The van der Waals surface area contributed by atoms with Crippen LogP contribution >= 0.6 is 0 Å². The highest BCUT2D eigenvalue weighted by atomic mass is 16.1. The van der Waals surface area contributed by atoms with Crippen LogP contribution in [-0.4, -0.2) is 8.97 Å². The van der Waals surface area contributed by atoms with Gasteiger partial charge in [-0.3, -0.25) is 9.20 Å². The number of hydrogen-bond acceptors (Lipinski definition) is 1. The minimum atomic E-state index is 0.00650. The molecule has 3 heteroatoms. The van der Waals surface area contributed by atoms with Crippen LogP contribution in [0, 0.1) is 0 Å². The van der Waals surface area contributed by atoms with Gasteiger partial charge in [0.2, 0.25) is 0 Å². The average Bonchev–Trinajstić information content (AvgIpc) is 3.68. The Bertz CT molecular complexity index is 2880.